The highest BCUT2D eigenvalue weighted by atomic mass is 16.2. The van der Waals surface area contributed by atoms with Crippen LogP contribution in [0.1, 0.15) is 30.1 Å². The Morgan fingerprint density at radius 3 is 2.93 bits per heavy atom. The predicted octanol–water partition coefficient (Wildman–Crippen LogP) is 0.642. The summed E-state index contributed by atoms with van der Waals surface area (Å²) in [5.74, 6) is -0.280. The van der Waals surface area contributed by atoms with Crippen molar-refractivity contribution in [3.05, 3.63) is 28.4 Å². The van der Waals surface area contributed by atoms with Gasteiger partial charge in [-0.05, 0) is 6.42 Å². The number of aromatic amines is 1. The van der Waals surface area contributed by atoms with Crippen LogP contribution in [0.2, 0.25) is 0 Å². The smallest absolute Gasteiger partial charge is 0.263 e. The second-order valence-electron chi connectivity index (χ2n) is 3.37. The zero-order valence-corrected chi connectivity index (χ0v) is 8.99. The van der Waals surface area contributed by atoms with Gasteiger partial charge < -0.3 is 9.88 Å². The summed E-state index contributed by atoms with van der Waals surface area (Å²) in [7, 11) is 1.68. The highest BCUT2D eigenvalue weighted by Gasteiger charge is 2.14. The van der Waals surface area contributed by atoms with Crippen molar-refractivity contribution >= 4 is 5.91 Å². The van der Waals surface area contributed by atoms with E-state index in [9.17, 15) is 9.59 Å². The van der Waals surface area contributed by atoms with E-state index in [0.717, 1.165) is 12.8 Å². The van der Waals surface area contributed by atoms with E-state index in [1.165, 1.54) is 17.4 Å². The first-order valence-corrected chi connectivity index (χ1v) is 4.95. The number of nitrogens with zero attached hydrogens (tertiary/aromatic N) is 2. The SMILES string of the molecule is CCCCN(C)C(=O)c1cnc[nH]c1=O. The third-order valence-electron chi connectivity index (χ3n) is 2.14. The third kappa shape index (κ3) is 2.90. The van der Waals surface area contributed by atoms with Crippen LogP contribution < -0.4 is 5.56 Å². The number of hydrogen-bond acceptors (Lipinski definition) is 3. The van der Waals surface area contributed by atoms with Crippen molar-refractivity contribution in [2.45, 2.75) is 19.8 Å². The van der Waals surface area contributed by atoms with Gasteiger partial charge in [0, 0.05) is 19.8 Å². The van der Waals surface area contributed by atoms with Crippen LogP contribution in [-0.2, 0) is 0 Å². The monoisotopic (exact) mass is 209 g/mol. The highest BCUT2D eigenvalue weighted by molar-refractivity contribution is 5.93. The second-order valence-corrected chi connectivity index (χ2v) is 3.37. The van der Waals surface area contributed by atoms with Crippen LogP contribution in [0.4, 0.5) is 0 Å². The highest BCUT2D eigenvalue weighted by Crippen LogP contribution is 1.98. The first-order chi connectivity index (χ1) is 7.16. The Morgan fingerprint density at radius 2 is 2.33 bits per heavy atom. The summed E-state index contributed by atoms with van der Waals surface area (Å²) in [5, 5.41) is 0. The molecule has 0 spiro atoms. The summed E-state index contributed by atoms with van der Waals surface area (Å²) >= 11 is 0. The molecule has 1 aromatic rings. The van der Waals surface area contributed by atoms with Crippen molar-refractivity contribution in [2.24, 2.45) is 0 Å². The Kier molecular flexibility index (Phi) is 4.03. The van der Waals surface area contributed by atoms with E-state index >= 15 is 0 Å². The minimum atomic E-state index is -0.390. The summed E-state index contributed by atoms with van der Waals surface area (Å²) in [6.07, 6.45) is 4.51. The normalized spacial score (nSPS) is 10.0. The molecule has 0 radical (unpaired) electrons. The van der Waals surface area contributed by atoms with Gasteiger partial charge in [0.05, 0.1) is 6.33 Å². The number of amides is 1. The summed E-state index contributed by atoms with van der Waals surface area (Å²) in [4.78, 5) is 30.7. The molecule has 1 N–H and O–H groups in total. The number of aromatic nitrogens is 2. The van der Waals surface area contributed by atoms with Crippen molar-refractivity contribution < 1.29 is 4.79 Å². The fourth-order valence-corrected chi connectivity index (χ4v) is 1.20. The van der Waals surface area contributed by atoms with Crippen molar-refractivity contribution in [3.63, 3.8) is 0 Å². The van der Waals surface area contributed by atoms with Crippen LogP contribution in [0.3, 0.4) is 0 Å². The Bertz CT molecular complexity index is 386. The Morgan fingerprint density at radius 1 is 1.60 bits per heavy atom. The van der Waals surface area contributed by atoms with E-state index in [4.69, 9.17) is 0 Å². The molecule has 0 saturated carbocycles. The van der Waals surface area contributed by atoms with Crippen LogP contribution in [0.25, 0.3) is 0 Å². The molecule has 0 aliphatic carbocycles. The molecule has 0 atom stereocenters. The van der Waals surface area contributed by atoms with Crippen LogP contribution in [0, 0.1) is 0 Å². The minimum absolute atomic E-state index is 0.0936. The standard InChI is InChI=1S/C10H15N3O2/c1-3-4-5-13(2)10(15)8-6-11-7-12-9(8)14/h6-7H,3-5H2,1-2H3,(H,11,12,14). The molecule has 5 nitrogen and oxygen atoms in total. The zero-order chi connectivity index (χ0) is 11.3. The molecule has 82 valence electrons. The molecule has 1 heterocycles. The average molecular weight is 209 g/mol. The van der Waals surface area contributed by atoms with Crippen molar-refractivity contribution in [2.75, 3.05) is 13.6 Å². The summed E-state index contributed by atoms with van der Waals surface area (Å²) < 4.78 is 0. The average Bonchev–Trinajstić information content (AvgIpc) is 2.25. The van der Waals surface area contributed by atoms with Gasteiger partial charge in [0.15, 0.2) is 0 Å². The molecule has 0 bridgehead atoms. The number of carbonyl (C=O) groups excluding carboxylic acids is 1. The van der Waals surface area contributed by atoms with Gasteiger partial charge in [-0.15, -0.1) is 0 Å². The van der Waals surface area contributed by atoms with Gasteiger partial charge in [0.25, 0.3) is 11.5 Å². The predicted molar refractivity (Wildman–Crippen MR) is 56.7 cm³/mol. The molecule has 5 heteroatoms. The second kappa shape index (κ2) is 5.29. The Labute approximate surface area is 88.1 Å². The third-order valence-corrected chi connectivity index (χ3v) is 2.14. The molecule has 0 aromatic carbocycles. The molecule has 0 aliphatic heterocycles. The lowest BCUT2D eigenvalue weighted by molar-refractivity contribution is 0.0791. The minimum Gasteiger partial charge on any atom is -0.341 e. The lowest BCUT2D eigenvalue weighted by Crippen LogP contribution is -2.32. The van der Waals surface area contributed by atoms with Crippen molar-refractivity contribution in [3.8, 4) is 0 Å². The van der Waals surface area contributed by atoms with Crippen LogP contribution in [0.15, 0.2) is 17.3 Å². The first-order valence-electron chi connectivity index (χ1n) is 4.95. The van der Waals surface area contributed by atoms with Gasteiger partial charge in [-0.25, -0.2) is 4.98 Å². The summed E-state index contributed by atoms with van der Waals surface area (Å²) in [6, 6.07) is 0. The van der Waals surface area contributed by atoms with Gasteiger partial charge >= 0.3 is 0 Å². The quantitative estimate of drug-likeness (QED) is 0.791. The Hall–Kier alpha value is -1.65. The van der Waals surface area contributed by atoms with Gasteiger partial charge in [-0.1, -0.05) is 13.3 Å². The van der Waals surface area contributed by atoms with Gasteiger partial charge in [0.1, 0.15) is 5.56 Å². The van der Waals surface area contributed by atoms with E-state index in [1.807, 2.05) is 0 Å². The lowest BCUT2D eigenvalue weighted by Gasteiger charge is -2.15. The number of hydrogen-bond donors (Lipinski definition) is 1. The number of unbranched alkanes of at least 4 members (excludes halogenated alkanes) is 1. The molecule has 1 rings (SSSR count). The number of H-pyrrole nitrogens is 1. The maximum absolute atomic E-state index is 11.7. The van der Waals surface area contributed by atoms with Crippen molar-refractivity contribution in [1.82, 2.24) is 14.9 Å². The fourth-order valence-electron chi connectivity index (χ4n) is 1.20. The first kappa shape index (κ1) is 11.4. The van der Waals surface area contributed by atoms with E-state index in [-0.39, 0.29) is 11.5 Å². The zero-order valence-electron chi connectivity index (χ0n) is 8.99. The van der Waals surface area contributed by atoms with E-state index in [0.29, 0.717) is 6.54 Å². The molecular formula is C10H15N3O2. The number of carbonyl (C=O) groups is 1. The summed E-state index contributed by atoms with van der Waals surface area (Å²) in [5.41, 5.74) is -0.297. The molecule has 0 saturated heterocycles. The van der Waals surface area contributed by atoms with Crippen LogP contribution >= 0.6 is 0 Å². The van der Waals surface area contributed by atoms with E-state index < -0.39 is 5.56 Å². The van der Waals surface area contributed by atoms with E-state index in [1.54, 1.807) is 7.05 Å². The van der Waals surface area contributed by atoms with Gasteiger partial charge in [-0.2, -0.15) is 0 Å². The van der Waals surface area contributed by atoms with Crippen LogP contribution in [0.5, 0.6) is 0 Å². The largest absolute Gasteiger partial charge is 0.341 e. The molecule has 1 aromatic heterocycles. The molecular weight excluding hydrogens is 194 g/mol. The van der Waals surface area contributed by atoms with Crippen molar-refractivity contribution in [1.29, 1.82) is 0 Å². The molecule has 0 fully saturated rings. The van der Waals surface area contributed by atoms with Gasteiger partial charge in [-0.3, -0.25) is 9.59 Å². The maximum Gasteiger partial charge on any atom is 0.263 e. The number of nitrogens with one attached hydrogen (secondary N) is 1. The molecule has 15 heavy (non-hydrogen) atoms. The van der Waals surface area contributed by atoms with E-state index in [2.05, 4.69) is 16.9 Å². The topological polar surface area (TPSA) is 66.1 Å². The molecule has 0 unspecified atom stereocenters. The maximum atomic E-state index is 11.7. The number of rotatable bonds is 4. The summed E-state index contributed by atoms with van der Waals surface area (Å²) in [6.45, 7) is 2.71. The fraction of sp³-hybridized carbons (Fsp3) is 0.500. The molecule has 0 aliphatic rings. The molecule has 1 amide bonds. The Balaban J connectivity index is 2.77. The van der Waals surface area contributed by atoms with Crippen LogP contribution in [-0.4, -0.2) is 34.4 Å². The lowest BCUT2D eigenvalue weighted by atomic mass is 10.2. The van der Waals surface area contributed by atoms with Gasteiger partial charge in [0.2, 0.25) is 0 Å².